The highest BCUT2D eigenvalue weighted by atomic mass is 19.1. The van der Waals surface area contributed by atoms with Crippen molar-refractivity contribution >= 4 is 5.96 Å². The van der Waals surface area contributed by atoms with E-state index in [9.17, 15) is 9.50 Å². The second kappa shape index (κ2) is 8.78. The number of phenolic OH excluding ortho intramolecular Hbond substituents is 1. The number of aromatic hydroxyl groups is 1. The van der Waals surface area contributed by atoms with Crippen molar-refractivity contribution in [3.05, 3.63) is 65.5 Å². The highest BCUT2D eigenvalue weighted by molar-refractivity contribution is 5.79. The molecule has 3 N–H and O–H groups in total. The molecule has 0 bridgehead atoms. The van der Waals surface area contributed by atoms with E-state index in [2.05, 4.69) is 15.6 Å². The second-order valence-corrected chi connectivity index (χ2v) is 5.16. The summed E-state index contributed by atoms with van der Waals surface area (Å²) in [5.41, 5.74) is 2.10. The number of nitrogens with one attached hydrogen (secondary N) is 2. The van der Waals surface area contributed by atoms with Gasteiger partial charge in [-0.25, -0.2) is 9.38 Å². The minimum atomic E-state index is -0.217. The molecule has 0 radical (unpaired) electrons. The Labute approximate surface area is 136 Å². The van der Waals surface area contributed by atoms with Gasteiger partial charge < -0.3 is 15.7 Å². The predicted octanol–water partition coefficient (Wildman–Crippen LogP) is 2.83. The number of halogens is 1. The van der Waals surface area contributed by atoms with Gasteiger partial charge in [0.05, 0.1) is 6.54 Å². The van der Waals surface area contributed by atoms with Gasteiger partial charge in [0.2, 0.25) is 0 Å². The van der Waals surface area contributed by atoms with Crippen molar-refractivity contribution in [1.82, 2.24) is 10.6 Å². The average molecular weight is 315 g/mol. The number of rotatable bonds is 6. The minimum absolute atomic E-state index is 0.217. The van der Waals surface area contributed by atoms with Gasteiger partial charge in [-0.3, -0.25) is 0 Å². The van der Waals surface area contributed by atoms with Crippen LogP contribution in [0.15, 0.2) is 53.5 Å². The van der Waals surface area contributed by atoms with Gasteiger partial charge in [-0.1, -0.05) is 24.3 Å². The highest BCUT2D eigenvalue weighted by Gasteiger charge is 1.99. The lowest BCUT2D eigenvalue weighted by Crippen LogP contribution is -2.38. The molecule has 0 fully saturated rings. The van der Waals surface area contributed by atoms with Crippen molar-refractivity contribution < 1.29 is 9.50 Å². The molecule has 23 heavy (non-hydrogen) atoms. The van der Waals surface area contributed by atoms with Crippen LogP contribution in [-0.4, -0.2) is 24.2 Å². The van der Waals surface area contributed by atoms with Crippen molar-refractivity contribution in [1.29, 1.82) is 0 Å². The molecule has 0 aliphatic carbocycles. The molecular formula is C18H22FN3O. The quantitative estimate of drug-likeness (QED) is 0.567. The molecule has 122 valence electrons. The summed E-state index contributed by atoms with van der Waals surface area (Å²) in [4.78, 5) is 4.51. The highest BCUT2D eigenvalue weighted by Crippen LogP contribution is 2.10. The number of guanidine groups is 1. The third-order valence-corrected chi connectivity index (χ3v) is 3.32. The van der Waals surface area contributed by atoms with Gasteiger partial charge in [0.15, 0.2) is 5.96 Å². The molecule has 2 aromatic carbocycles. The largest absolute Gasteiger partial charge is 0.508 e. The van der Waals surface area contributed by atoms with E-state index >= 15 is 0 Å². The van der Waals surface area contributed by atoms with E-state index < -0.39 is 0 Å². The van der Waals surface area contributed by atoms with E-state index in [4.69, 9.17) is 0 Å². The Balaban J connectivity index is 1.86. The Morgan fingerprint density at radius 1 is 1.00 bits per heavy atom. The topological polar surface area (TPSA) is 56.7 Å². The number of hydrogen-bond donors (Lipinski definition) is 3. The number of hydrogen-bond acceptors (Lipinski definition) is 2. The van der Waals surface area contributed by atoms with Crippen LogP contribution in [0.3, 0.4) is 0 Å². The monoisotopic (exact) mass is 315 g/mol. The van der Waals surface area contributed by atoms with E-state index in [0.717, 1.165) is 30.1 Å². The molecule has 2 rings (SSSR count). The number of benzene rings is 2. The maximum Gasteiger partial charge on any atom is 0.191 e. The van der Waals surface area contributed by atoms with E-state index in [-0.39, 0.29) is 11.6 Å². The molecule has 0 atom stereocenters. The van der Waals surface area contributed by atoms with Gasteiger partial charge in [-0.2, -0.15) is 0 Å². The third-order valence-electron chi connectivity index (χ3n) is 3.32. The molecule has 0 amide bonds. The van der Waals surface area contributed by atoms with Crippen molar-refractivity contribution in [2.24, 2.45) is 4.99 Å². The van der Waals surface area contributed by atoms with Crippen LogP contribution in [0.25, 0.3) is 0 Å². The van der Waals surface area contributed by atoms with Gasteiger partial charge in [0.1, 0.15) is 11.6 Å². The molecule has 0 aliphatic heterocycles. The summed E-state index contributed by atoms with van der Waals surface area (Å²) in [7, 11) is 0. The van der Waals surface area contributed by atoms with Gasteiger partial charge in [-0.15, -0.1) is 0 Å². The van der Waals surface area contributed by atoms with Gasteiger partial charge in [-0.05, 0) is 48.7 Å². The summed E-state index contributed by atoms with van der Waals surface area (Å²) in [5, 5.41) is 15.7. The molecular weight excluding hydrogens is 293 g/mol. The smallest absolute Gasteiger partial charge is 0.191 e. The van der Waals surface area contributed by atoms with Crippen LogP contribution in [0.4, 0.5) is 4.39 Å². The zero-order chi connectivity index (χ0) is 16.5. The van der Waals surface area contributed by atoms with Crippen molar-refractivity contribution in [2.75, 3.05) is 13.1 Å². The number of aliphatic imine (C=N–C) groups is 1. The van der Waals surface area contributed by atoms with E-state index in [0.29, 0.717) is 13.1 Å². The first-order chi connectivity index (χ1) is 11.2. The van der Waals surface area contributed by atoms with E-state index in [1.54, 1.807) is 24.3 Å². The average Bonchev–Trinajstić information content (AvgIpc) is 2.56. The number of nitrogens with zero attached hydrogens (tertiary/aromatic N) is 1. The molecule has 0 spiro atoms. The molecule has 0 saturated heterocycles. The predicted molar refractivity (Wildman–Crippen MR) is 91.0 cm³/mol. The Kier molecular flexibility index (Phi) is 6.41. The summed E-state index contributed by atoms with van der Waals surface area (Å²) in [6, 6.07) is 13.5. The standard InChI is InChI=1S/C18H22FN3O/c1-2-20-18(22-13-15-5-9-17(23)10-6-15)21-12-11-14-3-7-16(19)8-4-14/h3-10,23H,2,11-13H2,1H3,(H2,20,21,22). The summed E-state index contributed by atoms with van der Waals surface area (Å²) >= 11 is 0. The van der Waals surface area contributed by atoms with Crippen LogP contribution in [0.1, 0.15) is 18.1 Å². The lowest BCUT2D eigenvalue weighted by molar-refractivity contribution is 0.475. The van der Waals surface area contributed by atoms with E-state index in [1.165, 1.54) is 12.1 Å². The molecule has 5 heteroatoms. The first-order valence-electron chi connectivity index (χ1n) is 7.72. The third kappa shape index (κ3) is 5.98. The lowest BCUT2D eigenvalue weighted by atomic mass is 10.1. The van der Waals surface area contributed by atoms with Crippen LogP contribution in [-0.2, 0) is 13.0 Å². The van der Waals surface area contributed by atoms with Crippen LogP contribution >= 0.6 is 0 Å². The first kappa shape index (κ1) is 16.8. The van der Waals surface area contributed by atoms with E-state index in [1.807, 2.05) is 19.1 Å². The fourth-order valence-electron chi connectivity index (χ4n) is 2.09. The summed E-state index contributed by atoms with van der Waals surface area (Å²) in [6.07, 6.45) is 0.796. The minimum Gasteiger partial charge on any atom is -0.508 e. The van der Waals surface area contributed by atoms with Crippen LogP contribution in [0.2, 0.25) is 0 Å². The van der Waals surface area contributed by atoms with Crippen LogP contribution in [0.5, 0.6) is 5.75 Å². The van der Waals surface area contributed by atoms with Gasteiger partial charge in [0.25, 0.3) is 0 Å². The molecule has 0 aliphatic rings. The van der Waals surface area contributed by atoms with Crippen molar-refractivity contribution in [3.8, 4) is 5.75 Å². The normalized spacial score (nSPS) is 11.3. The zero-order valence-electron chi connectivity index (χ0n) is 13.2. The van der Waals surface area contributed by atoms with Gasteiger partial charge >= 0.3 is 0 Å². The fourth-order valence-corrected chi connectivity index (χ4v) is 2.09. The summed E-state index contributed by atoms with van der Waals surface area (Å²) in [5.74, 6) is 0.773. The zero-order valence-corrected chi connectivity index (χ0v) is 13.2. The second-order valence-electron chi connectivity index (χ2n) is 5.16. The van der Waals surface area contributed by atoms with Crippen molar-refractivity contribution in [3.63, 3.8) is 0 Å². The summed E-state index contributed by atoms with van der Waals surface area (Å²) in [6.45, 7) is 4.04. The molecule has 2 aromatic rings. The summed E-state index contributed by atoms with van der Waals surface area (Å²) < 4.78 is 12.9. The number of phenols is 1. The molecule has 4 nitrogen and oxygen atoms in total. The molecule has 0 heterocycles. The Hall–Kier alpha value is -2.56. The molecule has 0 aromatic heterocycles. The SMILES string of the molecule is CCNC(=NCc1ccc(O)cc1)NCCc1ccc(F)cc1. The first-order valence-corrected chi connectivity index (χ1v) is 7.72. The van der Waals surface area contributed by atoms with Gasteiger partial charge in [0, 0.05) is 13.1 Å². The lowest BCUT2D eigenvalue weighted by Gasteiger charge is -2.11. The van der Waals surface area contributed by atoms with Crippen molar-refractivity contribution in [2.45, 2.75) is 19.9 Å². The Bertz CT molecular complexity index is 624. The molecule has 0 saturated carbocycles. The fraction of sp³-hybridized carbons (Fsp3) is 0.278. The van der Waals surface area contributed by atoms with Crippen LogP contribution in [0, 0.1) is 5.82 Å². The Morgan fingerprint density at radius 2 is 1.65 bits per heavy atom. The maximum atomic E-state index is 12.9. The Morgan fingerprint density at radius 3 is 2.30 bits per heavy atom. The maximum absolute atomic E-state index is 12.9. The van der Waals surface area contributed by atoms with Crippen LogP contribution < -0.4 is 10.6 Å². The molecule has 0 unspecified atom stereocenters.